The minimum Gasteiger partial charge on any atom is -0.497 e. The van der Waals surface area contributed by atoms with Crippen LogP contribution in [0.2, 0.25) is 0 Å². The van der Waals surface area contributed by atoms with Crippen molar-refractivity contribution in [3.63, 3.8) is 0 Å². The quantitative estimate of drug-likeness (QED) is 0.787. The Bertz CT molecular complexity index is 726. The highest BCUT2D eigenvalue weighted by atomic mass is 19.4. The van der Waals surface area contributed by atoms with Crippen LogP contribution < -0.4 is 10.1 Å². The van der Waals surface area contributed by atoms with Crippen molar-refractivity contribution in [1.82, 2.24) is 10.2 Å². The van der Waals surface area contributed by atoms with Crippen LogP contribution in [0.25, 0.3) is 0 Å². The summed E-state index contributed by atoms with van der Waals surface area (Å²) in [6, 6.07) is 8.73. The van der Waals surface area contributed by atoms with Gasteiger partial charge in [0, 0.05) is 19.0 Å². The van der Waals surface area contributed by atoms with Gasteiger partial charge in [-0.15, -0.1) is 0 Å². The highest BCUT2D eigenvalue weighted by Crippen LogP contribution is 2.37. The monoisotopic (exact) mass is 416 g/mol. The zero-order valence-corrected chi connectivity index (χ0v) is 16.6. The Kier molecular flexibility index (Phi) is 7.51. The number of ether oxygens (including phenoxy) is 1. The van der Waals surface area contributed by atoms with Gasteiger partial charge in [0.15, 0.2) is 0 Å². The Morgan fingerprint density at radius 3 is 2.59 bits per heavy atom. The first-order chi connectivity index (χ1) is 13.6. The molecule has 1 aromatic rings. The molecule has 1 aromatic carbocycles. The molecule has 0 radical (unpaired) electrons. The number of benzene rings is 1. The van der Waals surface area contributed by atoms with E-state index in [1.165, 1.54) is 5.56 Å². The van der Waals surface area contributed by atoms with Gasteiger partial charge in [0.2, 0.25) is 5.91 Å². The molecule has 2 saturated heterocycles. The first-order valence-electron chi connectivity index (χ1n) is 9.59. The van der Waals surface area contributed by atoms with Crippen LogP contribution >= 0.6 is 0 Å². The van der Waals surface area contributed by atoms with E-state index >= 15 is 0 Å². The SMILES string of the molecule is CC[C@H]1N(Cc2cccc(OC)c2)CCC[C@]12CCC(=O)N2.O=C(O)C(F)(F)F. The van der Waals surface area contributed by atoms with E-state index in [2.05, 4.69) is 29.3 Å². The number of carbonyl (C=O) groups is 2. The van der Waals surface area contributed by atoms with Crippen LogP contribution in [0, 0.1) is 0 Å². The first kappa shape index (κ1) is 23.0. The van der Waals surface area contributed by atoms with Crippen molar-refractivity contribution in [2.75, 3.05) is 13.7 Å². The number of nitrogens with one attached hydrogen (secondary N) is 1. The summed E-state index contributed by atoms with van der Waals surface area (Å²) in [6.45, 7) is 4.27. The van der Waals surface area contributed by atoms with Gasteiger partial charge >= 0.3 is 12.1 Å². The van der Waals surface area contributed by atoms with Gasteiger partial charge in [-0.3, -0.25) is 9.69 Å². The van der Waals surface area contributed by atoms with E-state index in [0.717, 1.165) is 44.5 Å². The smallest absolute Gasteiger partial charge is 0.490 e. The summed E-state index contributed by atoms with van der Waals surface area (Å²) < 4.78 is 37.1. The van der Waals surface area contributed by atoms with Gasteiger partial charge in [0.25, 0.3) is 0 Å². The number of nitrogens with zero attached hydrogens (tertiary/aromatic N) is 1. The molecular weight excluding hydrogens is 389 g/mol. The number of amides is 1. The van der Waals surface area contributed by atoms with Crippen LogP contribution in [-0.2, 0) is 16.1 Å². The largest absolute Gasteiger partial charge is 0.497 e. The molecule has 0 saturated carbocycles. The van der Waals surface area contributed by atoms with Crippen LogP contribution in [0.3, 0.4) is 0 Å². The molecule has 1 spiro atoms. The summed E-state index contributed by atoms with van der Waals surface area (Å²) >= 11 is 0. The van der Waals surface area contributed by atoms with E-state index in [9.17, 15) is 18.0 Å². The summed E-state index contributed by atoms with van der Waals surface area (Å²) in [5, 5.41) is 10.4. The lowest BCUT2D eigenvalue weighted by atomic mass is 9.78. The maximum absolute atomic E-state index is 11.8. The molecule has 0 bridgehead atoms. The molecule has 3 rings (SSSR count). The van der Waals surface area contributed by atoms with E-state index in [-0.39, 0.29) is 11.4 Å². The molecule has 1 amide bonds. The van der Waals surface area contributed by atoms with Gasteiger partial charge < -0.3 is 15.2 Å². The number of rotatable bonds is 4. The molecule has 2 N–H and O–H groups in total. The molecule has 6 nitrogen and oxygen atoms in total. The van der Waals surface area contributed by atoms with Gasteiger partial charge in [-0.25, -0.2) is 4.79 Å². The van der Waals surface area contributed by atoms with Crippen LogP contribution in [-0.4, -0.2) is 53.3 Å². The average molecular weight is 416 g/mol. The fourth-order valence-electron chi connectivity index (χ4n) is 4.29. The van der Waals surface area contributed by atoms with Crippen molar-refractivity contribution in [3.8, 4) is 5.75 Å². The van der Waals surface area contributed by atoms with Gasteiger partial charge in [-0.2, -0.15) is 13.2 Å². The predicted octanol–water partition coefficient (Wildman–Crippen LogP) is 3.35. The van der Waals surface area contributed by atoms with Crippen molar-refractivity contribution < 1.29 is 32.6 Å². The topological polar surface area (TPSA) is 78.9 Å². The Balaban J connectivity index is 0.000000370. The second-order valence-electron chi connectivity index (χ2n) is 7.36. The molecule has 2 aliphatic heterocycles. The van der Waals surface area contributed by atoms with Crippen molar-refractivity contribution in [2.24, 2.45) is 0 Å². The summed E-state index contributed by atoms with van der Waals surface area (Å²) in [6.07, 6.45) is -0.0701. The fourth-order valence-corrected chi connectivity index (χ4v) is 4.29. The molecule has 0 aromatic heterocycles. The van der Waals surface area contributed by atoms with E-state index in [1.807, 2.05) is 12.1 Å². The maximum atomic E-state index is 11.8. The van der Waals surface area contributed by atoms with E-state index < -0.39 is 12.1 Å². The molecule has 162 valence electrons. The number of carboxylic acids is 1. The van der Waals surface area contributed by atoms with Crippen LogP contribution in [0.5, 0.6) is 5.75 Å². The Morgan fingerprint density at radius 2 is 2.07 bits per heavy atom. The molecule has 2 fully saturated rings. The van der Waals surface area contributed by atoms with Gasteiger partial charge in [-0.05, 0) is 49.9 Å². The van der Waals surface area contributed by atoms with Gasteiger partial charge in [-0.1, -0.05) is 19.1 Å². The highest BCUT2D eigenvalue weighted by molar-refractivity contribution is 5.79. The predicted molar refractivity (Wildman–Crippen MR) is 101 cm³/mol. The van der Waals surface area contributed by atoms with E-state index in [1.54, 1.807) is 7.11 Å². The molecular formula is C20H27F3N2O4. The zero-order chi connectivity index (χ0) is 21.7. The lowest BCUT2D eigenvalue weighted by molar-refractivity contribution is -0.192. The normalized spacial score (nSPS) is 24.6. The Hall–Kier alpha value is -2.29. The number of hydrogen-bond donors (Lipinski definition) is 2. The molecule has 0 unspecified atom stereocenters. The first-order valence-corrected chi connectivity index (χ1v) is 9.59. The second kappa shape index (κ2) is 9.47. The minimum absolute atomic E-state index is 0.00293. The van der Waals surface area contributed by atoms with Crippen LogP contribution in [0.15, 0.2) is 24.3 Å². The molecule has 29 heavy (non-hydrogen) atoms. The summed E-state index contributed by atoms with van der Waals surface area (Å²) in [7, 11) is 1.71. The maximum Gasteiger partial charge on any atom is 0.490 e. The Morgan fingerprint density at radius 1 is 1.38 bits per heavy atom. The summed E-state index contributed by atoms with van der Waals surface area (Å²) in [5.41, 5.74) is 1.28. The average Bonchev–Trinajstić information content (AvgIpc) is 3.02. The molecule has 2 atom stereocenters. The lowest BCUT2D eigenvalue weighted by Gasteiger charge is -2.48. The van der Waals surface area contributed by atoms with Crippen molar-refractivity contribution in [2.45, 2.75) is 63.3 Å². The number of methoxy groups -OCH3 is 1. The minimum atomic E-state index is -5.08. The number of alkyl halides is 3. The summed E-state index contributed by atoms with van der Waals surface area (Å²) in [5.74, 6) is -1.62. The van der Waals surface area contributed by atoms with Crippen molar-refractivity contribution in [3.05, 3.63) is 29.8 Å². The van der Waals surface area contributed by atoms with Gasteiger partial charge in [0.1, 0.15) is 5.75 Å². The van der Waals surface area contributed by atoms with Crippen LogP contribution in [0.4, 0.5) is 13.2 Å². The molecule has 2 aliphatic rings. The number of piperidine rings is 1. The number of carbonyl (C=O) groups excluding carboxylic acids is 1. The molecule has 0 aliphatic carbocycles. The van der Waals surface area contributed by atoms with Crippen LogP contribution in [0.1, 0.15) is 44.6 Å². The standard InChI is InChI=1S/C18H26N2O2.C2HF3O2/c1-3-16-18(10-8-17(21)19-18)9-5-11-20(16)13-14-6-4-7-15(12-14)22-2;3-2(4,5)1(6)7/h4,6-7,12,16H,3,5,8-11,13H2,1-2H3,(H,19,21);(H,6,7)/t16-,18+;/m1./s1. The number of aliphatic carboxylic acids is 1. The lowest BCUT2D eigenvalue weighted by Crippen LogP contribution is -2.61. The summed E-state index contributed by atoms with van der Waals surface area (Å²) in [4.78, 5) is 23.2. The number of likely N-dealkylation sites (tertiary alicyclic amines) is 1. The third kappa shape index (κ3) is 5.85. The number of carboxylic acid groups (broad SMARTS) is 1. The number of hydrogen-bond acceptors (Lipinski definition) is 4. The molecule has 9 heteroatoms. The molecule has 2 heterocycles. The van der Waals surface area contributed by atoms with E-state index in [0.29, 0.717) is 12.5 Å². The third-order valence-corrected chi connectivity index (χ3v) is 5.48. The van der Waals surface area contributed by atoms with Crippen molar-refractivity contribution in [1.29, 1.82) is 0 Å². The van der Waals surface area contributed by atoms with E-state index in [4.69, 9.17) is 14.6 Å². The highest BCUT2D eigenvalue weighted by Gasteiger charge is 2.47. The third-order valence-electron chi connectivity index (χ3n) is 5.48. The Labute approximate surface area is 168 Å². The second-order valence-corrected chi connectivity index (χ2v) is 7.36. The number of halogens is 3. The fraction of sp³-hybridized carbons (Fsp3) is 0.600. The van der Waals surface area contributed by atoms with Gasteiger partial charge in [0.05, 0.1) is 12.6 Å². The zero-order valence-electron chi connectivity index (χ0n) is 16.6. The van der Waals surface area contributed by atoms with Crippen molar-refractivity contribution >= 4 is 11.9 Å².